The fraction of sp³-hybridized carbons (Fsp3) is 0.263. The van der Waals surface area contributed by atoms with Gasteiger partial charge in [0, 0.05) is 38.9 Å². The number of ether oxygens (including phenoxy) is 12. The summed E-state index contributed by atoms with van der Waals surface area (Å²) >= 11 is 0. The Morgan fingerprint density at radius 2 is 0.670 bits per heavy atom. The molecule has 2 heterocycles. The minimum atomic E-state index is -5.49. The summed E-state index contributed by atoms with van der Waals surface area (Å²) in [6.45, 7) is -3.30. The molecule has 2 saturated heterocycles. The van der Waals surface area contributed by atoms with Crippen LogP contribution in [0.25, 0.3) is 0 Å². The van der Waals surface area contributed by atoms with Crippen molar-refractivity contribution < 1.29 is 131 Å². The van der Waals surface area contributed by atoms with Crippen LogP contribution < -0.4 is 37.9 Å². The summed E-state index contributed by atoms with van der Waals surface area (Å²) in [7, 11) is 9.65. The van der Waals surface area contributed by atoms with Gasteiger partial charge in [0.1, 0.15) is 70.9 Å². The Labute approximate surface area is 587 Å². The molecule has 2 fully saturated rings. The predicted octanol–water partition coefficient (Wildman–Crippen LogP) is 5.31. The number of carbonyl (C=O) groups excluding carboxylic acids is 8. The average Bonchev–Trinajstić information content (AvgIpc) is 0.918. The highest BCUT2D eigenvalue weighted by Crippen LogP contribution is 2.65. The van der Waals surface area contributed by atoms with Gasteiger partial charge < -0.3 is 92.6 Å². The molecule has 0 amide bonds. The van der Waals surface area contributed by atoms with E-state index in [2.05, 4.69) is 0 Å². The van der Waals surface area contributed by atoms with Crippen molar-refractivity contribution >= 4 is 46.5 Å². The minimum absolute atomic E-state index is 0.0242. The smallest absolute Gasteiger partial charge is 0.339 e. The summed E-state index contributed by atoms with van der Waals surface area (Å²) in [4.78, 5) is 142. The summed E-state index contributed by atoms with van der Waals surface area (Å²) in [6.07, 6.45) is -7.63. The summed E-state index contributed by atoms with van der Waals surface area (Å²) in [6, 6.07) is 31.4. The topological polar surface area (TPSA) is 389 Å². The lowest BCUT2D eigenvalue weighted by Crippen LogP contribution is -2.99. The molecule has 0 aromatic heterocycles. The normalized spacial score (nSPS) is 23.6. The van der Waals surface area contributed by atoms with E-state index in [0.717, 1.165) is 194 Å². The van der Waals surface area contributed by atoms with Gasteiger partial charge in [-0.1, -0.05) is 0 Å². The number of hydrogen-bond donors (Lipinski definition) is 7. The van der Waals surface area contributed by atoms with Crippen LogP contribution in [-0.2, 0) is 18.9 Å². The maximum Gasteiger partial charge on any atom is 0.339 e. The second-order valence-corrected chi connectivity index (χ2v) is 23.6. The first kappa shape index (κ1) is 74.6. The molecule has 8 aromatic carbocycles. The SMILES string of the molecule is COc1ccc(C(=O)O[C@@]2(C(=O)c3ccc(OC)cc3)[C@@](O)(C(=O)c3ccc(OC)cc3)[C@](O)(C(=O)c3ccc(OC)cc3)[C@@](OC3(CO)O[C@H](CO)[C@@H](O)[C@@H]3O)(C(=O)c3ccc(OC)cc3)O[C@]2(C(=O)c2ccc(OC)cc2)C(O)(C(=O)c2ccc(OC)cc2)C(=O)c2ccc(OC)cc2)cc1. The van der Waals surface area contributed by atoms with Crippen molar-refractivity contribution in [1.82, 2.24) is 0 Å². The molecule has 0 bridgehead atoms. The van der Waals surface area contributed by atoms with Crippen molar-refractivity contribution in [2.45, 2.75) is 57.9 Å². The Morgan fingerprint density at radius 3 is 0.971 bits per heavy atom. The lowest BCUT2D eigenvalue weighted by Gasteiger charge is -2.68. The molecule has 0 aliphatic carbocycles. The number of carbonyl (C=O) groups is 8. The lowest BCUT2D eigenvalue weighted by atomic mass is 9.46. The second-order valence-electron chi connectivity index (χ2n) is 23.6. The van der Waals surface area contributed by atoms with E-state index in [9.17, 15) is 20.4 Å². The lowest BCUT2D eigenvalue weighted by molar-refractivity contribution is -0.456. The first-order chi connectivity index (χ1) is 49.3. The molecular formula is C76H70O27. The molecule has 8 aromatic rings. The number of Topliss-reactive ketones (excluding diaryl/α,β-unsaturated/α-hetero) is 7. The summed E-state index contributed by atoms with van der Waals surface area (Å²) in [5, 5.41) is 95.1. The van der Waals surface area contributed by atoms with Gasteiger partial charge in [-0.3, -0.25) is 33.6 Å². The van der Waals surface area contributed by atoms with Crippen LogP contribution in [0.5, 0.6) is 46.0 Å². The Kier molecular flexibility index (Phi) is 21.4. The van der Waals surface area contributed by atoms with E-state index >= 15 is 53.7 Å². The molecule has 27 nitrogen and oxygen atoms in total. The number of aliphatic hydroxyl groups is 7. The van der Waals surface area contributed by atoms with Crippen molar-refractivity contribution in [2.75, 3.05) is 70.1 Å². The molecule has 2 aliphatic heterocycles. The fourth-order valence-corrected chi connectivity index (χ4v) is 12.8. The first-order valence-electron chi connectivity index (χ1n) is 31.3. The van der Waals surface area contributed by atoms with E-state index < -0.39 is 162 Å². The van der Waals surface area contributed by atoms with E-state index in [1.807, 2.05) is 0 Å². The summed E-state index contributed by atoms with van der Waals surface area (Å²) in [5.74, 6) is -27.2. The van der Waals surface area contributed by atoms with Crippen LogP contribution in [0.15, 0.2) is 194 Å². The van der Waals surface area contributed by atoms with Crippen LogP contribution in [0.3, 0.4) is 0 Å². The Morgan fingerprint density at radius 1 is 0.388 bits per heavy atom. The van der Waals surface area contributed by atoms with Crippen LogP contribution in [0.4, 0.5) is 0 Å². The number of aliphatic hydroxyl groups excluding tert-OH is 4. The monoisotopic (exact) mass is 1410 g/mol. The highest BCUT2D eigenvalue weighted by molar-refractivity contribution is 6.33. The molecule has 0 saturated carbocycles. The molecule has 27 heteroatoms. The molecule has 0 radical (unpaired) electrons. The van der Waals surface area contributed by atoms with Crippen LogP contribution in [0.2, 0.25) is 0 Å². The van der Waals surface area contributed by atoms with Gasteiger partial charge in [-0.2, -0.15) is 0 Å². The zero-order valence-corrected chi connectivity index (χ0v) is 56.4. The number of hydrogen-bond acceptors (Lipinski definition) is 27. The van der Waals surface area contributed by atoms with Crippen LogP contribution >= 0.6 is 0 Å². The molecule has 7 N–H and O–H groups in total. The molecule has 1 unspecified atom stereocenters. The van der Waals surface area contributed by atoms with Gasteiger partial charge in [0.15, 0.2) is 0 Å². The highest BCUT2D eigenvalue weighted by Gasteiger charge is 2.98. The Balaban J connectivity index is 1.62. The van der Waals surface area contributed by atoms with Gasteiger partial charge in [-0.15, -0.1) is 0 Å². The molecule has 2 aliphatic rings. The van der Waals surface area contributed by atoms with Gasteiger partial charge in [0.25, 0.3) is 11.4 Å². The quantitative estimate of drug-likeness (QED) is 0.0177. The number of ketones is 7. The van der Waals surface area contributed by atoms with E-state index in [-0.39, 0.29) is 46.0 Å². The third-order valence-corrected chi connectivity index (χ3v) is 18.3. The highest BCUT2D eigenvalue weighted by atomic mass is 16.8. The maximum absolute atomic E-state index is 18.4. The Bertz CT molecular complexity index is 4410. The van der Waals surface area contributed by atoms with Crippen LogP contribution in [-0.4, -0.2) is 210 Å². The van der Waals surface area contributed by atoms with Gasteiger partial charge in [-0.25, -0.2) is 4.79 Å². The fourth-order valence-electron chi connectivity index (χ4n) is 12.8. The van der Waals surface area contributed by atoms with E-state index in [1.165, 1.54) is 56.9 Å². The standard InChI is InChI=1S/C76H70O27/c1-92-51-25-9-43(10-26-51)61(80)71(89,62(81)44-11-27-52(93-2)28-12-44)74(65(84)47-17-33-55(96-5)34-18-47)75(66(85)48-19-35-56(97-6)36-20-48,101-69(88)50-23-39-58(99-8)40-24-50)72(90,63(82)45-13-29-53(94-3)30-14-45)73(91,64(83)46-15-31-54(95-4)32-16-46)76(103-74,67(86)49-21-37-57(98-7)38-22-49)102-70(42-78)68(87)60(79)59(41-77)100-70/h9-40,59-60,68,77-79,87,89-91H,41-42H2,1-8H3/t59-,60-,68+,70?,72-,73-,74-,75+,76-/m1/s1. The second kappa shape index (κ2) is 29.5. The van der Waals surface area contributed by atoms with Crippen molar-refractivity contribution in [3.63, 3.8) is 0 Å². The van der Waals surface area contributed by atoms with Crippen molar-refractivity contribution in [3.05, 3.63) is 239 Å². The molecule has 536 valence electrons. The van der Waals surface area contributed by atoms with E-state index in [0.29, 0.717) is 0 Å². The minimum Gasteiger partial charge on any atom is -0.497 e. The van der Waals surface area contributed by atoms with Crippen LogP contribution in [0.1, 0.15) is 82.9 Å². The van der Waals surface area contributed by atoms with E-state index in [4.69, 9.17) is 56.8 Å². The number of methoxy groups -OCH3 is 8. The number of esters is 1. The van der Waals surface area contributed by atoms with Gasteiger partial charge in [-0.05, 0) is 194 Å². The third kappa shape index (κ3) is 12.0. The van der Waals surface area contributed by atoms with Crippen molar-refractivity contribution in [1.29, 1.82) is 0 Å². The zero-order chi connectivity index (χ0) is 74.6. The molecule has 9 atom stereocenters. The van der Waals surface area contributed by atoms with Crippen molar-refractivity contribution in [2.24, 2.45) is 0 Å². The Hall–Kier alpha value is -11.1. The zero-order valence-electron chi connectivity index (χ0n) is 56.4. The van der Waals surface area contributed by atoms with Crippen molar-refractivity contribution in [3.8, 4) is 46.0 Å². The first-order valence-corrected chi connectivity index (χ1v) is 31.3. The van der Waals surface area contributed by atoms with Crippen LogP contribution in [0, 0.1) is 0 Å². The largest absolute Gasteiger partial charge is 0.497 e. The average molecular weight is 1420 g/mol. The summed E-state index contributed by atoms with van der Waals surface area (Å²) < 4.78 is 70.4. The number of rotatable bonds is 29. The van der Waals surface area contributed by atoms with Gasteiger partial charge >= 0.3 is 5.97 Å². The molecular weight excluding hydrogens is 1340 g/mol. The van der Waals surface area contributed by atoms with Gasteiger partial charge in [0.05, 0.1) is 69.0 Å². The summed E-state index contributed by atoms with van der Waals surface area (Å²) in [5.41, 5.74) is -34.2. The van der Waals surface area contributed by atoms with Gasteiger partial charge in [0.2, 0.25) is 68.7 Å². The molecule has 103 heavy (non-hydrogen) atoms. The predicted molar refractivity (Wildman–Crippen MR) is 359 cm³/mol. The number of benzene rings is 8. The molecule has 0 spiro atoms. The van der Waals surface area contributed by atoms with E-state index in [1.54, 1.807) is 0 Å². The third-order valence-electron chi connectivity index (χ3n) is 18.3. The molecule has 10 rings (SSSR count). The maximum atomic E-state index is 18.4.